The van der Waals surface area contributed by atoms with Crippen LogP contribution in [0.25, 0.3) is 0 Å². The molecule has 25 heavy (non-hydrogen) atoms. The minimum Gasteiger partial charge on any atom is -0.294 e. The zero-order chi connectivity index (χ0) is 19.0. The fraction of sp³-hybridized carbons (Fsp3) is 0.353. The predicted octanol–water partition coefficient (Wildman–Crippen LogP) is 3.84. The molecule has 0 saturated heterocycles. The lowest BCUT2D eigenvalue weighted by Crippen LogP contribution is -2.40. The van der Waals surface area contributed by atoms with Crippen LogP contribution < -0.4 is 4.72 Å². The molecule has 2 rings (SSSR count). The van der Waals surface area contributed by atoms with Crippen molar-refractivity contribution < 1.29 is 22.0 Å². The van der Waals surface area contributed by atoms with E-state index in [1.807, 2.05) is 0 Å². The molecule has 8 heteroatoms. The van der Waals surface area contributed by atoms with E-state index in [4.69, 9.17) is 0 Å². The van der Waals surface area contributed by atoms with Crippen LogP contribution in [0.1, 0.15) is 41.6 Å². The van der Waals surface area contributed by atoms with Crippen molar-refractivity contribution in [3.05, 3.63) is 51.9 Å². The third-order valence-corrected chi connectivity index (χ3v) is 6.53. The van der Waals surface area contributed by atoms with Crippen LogP contribution in [0, 0.1) is 18.6 Å². The molecule has 0 amide bonds. The van der Waals surface area contributed by atoms with Crippen molar-refractivity contribution in [1.29, 1.82) is 0 Å². The minimum atomic E-state index is -3.73. The van der Waals surface area contributed by atoms with Gasteiger partial charge in [-0.25, -0.2) is 21.9 Å². The highest BCUT2D eigenvalue weighted by Crippen LogP contribution is 2.28. The van der Waals surface area contributed by atoms with Gasteiger partial charge in [0.1, 0.15) is 4.21 Å². The molecule has 0 unspecified atom stereocenters. The molecule has 2 aromatic rings. The van der Waals surface area contributed by atoms with E-state index in [9.17, 15) is 22.0 Å². The number of thiophene rings is 1. The number of halogens is 2. The number of ketones is 1. The maximum absolute atomic E-state index is 13.3. The largest absolute Gasteiger partial charge is 0.294 e. The Morgan fingerprint density at radius 1 is 1.16 bits per heavy atom. The minimum absolute atomic E-state index is 0.0496. The van der Waals surface area contributed by atoms with Crippen LogP contribution >= 0.6 is 11.3 Å². The standard InChI is InChI=1S/C17H19F2NO3S2/c1-10-12(9-16(24-10)25(22,23)20-17(2,3)4)15(21)8-11-5-6-13(18)14(19)7-11/h5-7,9,20H,8H2,1-4H3. The maximum atomic E-state index is 13.3. The molecule has 4 nitrogen and oxygen atoms in total. The Bertz CT molecular complexity index is 912. The smallest absolute Gasteiger partial charge is 0.250 e. The second kappa shape index (κ2) is 6.93. The highest BCUT2D eigenvalue weighted by Gasteiger charge is 2.26. The fourth-order valence-electron chi connectivity index (χ4n) is 2.25. The van der Waals surface area contributed by atoms with E-state index in [1.165, 1.54) is 12.1 Å². The molecule has 1 aromatic carbocycles. The number of benzene rings is 1. The summed E-state index contributed by atoms with van der Waals surface area (Å²) in [6.45, 7) is 6.82. The van der Waals surface area contributed by atoms with Crippen molar-refractivity contribution in [2.75, 3.05) is 0 Å². The molecule has 1 N–H and O–H groups in total. The molecule has 136 valence electrons. The summed E-state index contributed by atoms with van der Waals surface area (Å²) in [7, 11) is -3.73. The predicted molar refractivity (Wildman–Crippen MR) is 93.5 cm³/mol. The van der Waals surface area contributed by atoms with E-state index < -0.39 is 27.2 Å². The molecule has 1 heterocycles. The molecule has 0 aliphatic heterocycles. The average Bonchev–Trinajstić information content (AvgIpc) is 2.83. The fourth-order valence-corrected chi connectivity index (χ4v) is 5.13. The molecule has 0 bridgehead atoms. The molecular formula is C17H19F2NO3S2. The summed E-state index contributed by atoms with van der Waals surface area (Å²) in [4.78, 5) is 13.0. The van der Waals surface area contributed by atoms with Crippen LogP contribution in [-0.4, -0.2) is 19.7 Å². The van der Waals surface area contributed by atoms with Gasteiger partial charge in [-0.1, -0.05) is 6.07 Å². The first kappa shape index (κ1) is 19.7. The van der Waals surface area contributed by atoms with Crippen LogP contribution in [0.5, 0.6) is 0 Å². The van der Waals surface area contributed by atoms with Crippen LogP contribution in [0.3, 0.4) is 0 Å². The van der Waals surface area contributed by atoms with Crippen molar-refractivity contribution in [2.45, 2.75) is 43.9 Å². The lowest BCUT2D eigenvalue weighted by Gasteiger charge is -2.19. The van der Waals surface area contributed by atoms with Gasteiger partial charge in [-0.3, -0.25) is 4.79 Å². The van der Waals surface area contributed by atoms with Crippen molar-refractivity contribution in [2.24, 2.45) is 0 Å². The van der Waals surface area contributed by atoms with Gasteiger partial charge in [0.15, 0.2) is 17.4 Å². The Labute approximate surface area is 149 Å². The number of aryl methyl sites for hydroxylation is 1. The Morgan fingerprint density at radius 3 is 2.36 bits per heavy atom. The first-order valence-corrected chi connectivity index (χ1v) is 9.80. The normalized spacial score (nSPS) is 12.4. The van der Waals surface area contributed by atoms with Crippen LogP contribution in [0.4, 0.5) is 8.78 Å². The summed E-state index contributed by atoms with van der Waals surface area (Å²) in [6, 6.07) is 4.59. The van der Waals surface area contributed by atoms with E-state index in [0.29, 0.717) is 10.4 Å². The number of carbonyl (C=O) groups excluding carboxylic acids is 1. The number of sulfonamides is 1. The van der Waals surface area contributed by atoms with Crippen LogP contribution in [0.15, 0.2) is 28.5 Å². The molecule has 0 aliphatic rings. The molecule has 1 aromatic heterocycles. The average molecular weight is 387 g/mol. The van der Waals surface area contributed by atoms with Gasteiger partial charge in [0.05, 0.1) is 0 Å². The van der Waals surface area contributed by atoms with E-state index >= 15 is 0 Å². The van der Waals surface area contributed by atoms with Gasteiger partial charge in [-0.2, -0.15) is 0 Å². The lowest BCUT2D eigenvalue weighted by atomic mass is 10.0. The zero-order valence-electron chi connectivity index (χ0n) is 14.3. The maximum Gasteiger partial charge on any atom is 0.250 e. The summed E-state index contributed by atoms with van der Waals surface area (Å²) < 4.78 is 53.5. The molecule has 0 atom stereocenters. The number of Topliss-reactive ketones (excluding diaryl/α,β-unsaturated/α-hetero) is 1. The summed E-state index contributed by atoms with van der Waals surface area (Å²) in [5.41, 5.74) is -0.0530. The van der Waals surface area contributed by atoms with Gasteiger partial charge >= 0.3 is 0 Å². The van der Waals surface area contributed by atoms with Crippen molar-refractivity contribution in [1.82, 2.24) is 4.72 Å². The van der Waals surface area contributed by atoms with Gasteiger partial charge in [0.25, 0.3) is 10.0 Å². The number of rotatable bonds is 5. The SMILES string of the molecule is Cc1sc(S(=O)(=O)NC(C)(C)C)cc1C(=O)Cc1ccc(F)c(F)c1. The first-order chi connectivity index (χ1) is 11.4. The Balaban J connectivity index is 2.27. The second-order valence-corrected chi connectivity index (χ2v) is 9.90. The van der Waals surface area contributed by atoms with E-state index in [-0.39, 0.29) is 22.0 Å². The quantitative estimate of drug-likeness (QED) is 0.793. The molecule has 0 spiro atoms. The van der Waals surface area contributed by atoms with Gasteiger partial charge in [0.2, 0.25) is 0 Å². The highest BCUT2D eigenvalue weighted by atomic mass is 32.2. The number of carbonyl (C=O) groups is 1. The summed E-state index contributed by atoms with van der Waals surface area (Å²) in [6.07, 6.45) is -0.138. The summed E-state index contributed by atoms with van der Waals surface area (Å²) >= 11 is 1.00. The Hall–Kier alpha value is -1.64. The lowest BCUT2D eigenvalue weighted by molar-refractivity contribution is 0.0992. The van der Waals surface area contributed by atoms with E-state index in [2.05, 4.69) is 4.72 Å². The molecule has 0 fully saturated rings. The zero-order valence-corrected chi connectivity index (χ0v) is 15.9. The Morgan fingerprint density at radius 2 is 1.80 bits per heavy atom. The number of hydrogen-bond donors (Lipinski definition) is 1. The third-order valence-electron chi connectivity index (χ3n) is 3.25. The van der Waals surface area contributed by atoms with Crippen molar-refractivity contribution in [3.63, 3.8) is 0 Å². The van der Waals surface area contributed by atoms with Gasteiger partial charge in [-0.15, -0.1) is 11.3 Å². The van der Waals surface area contributed by atoms with Crippen LogP contribution in [-0.2, 0) is 16.4 Å². The van der Waals surface area contributed by atoms with Gasteiger partial charge in [0, 0.05) is 22.4 Å². The van der Waals surface area contributed by atoms with Gasteiger partial charge in [-0.05, 0) is 51.5 Å². The van der Waals surface area contributed by atoms with E-state index in [0.717, 1.165) is 23.5 Å². The number of hydrogen-bond acceptors (Lipinski definition) is 4. The molecular weight excluding hydrogens is 368 g/mol. The molecule has 0 radical (unpaired) electrons. The van der Waals surface area contributed by atoms with E-state index in [1.54, 1.807) is 27.7 Å². The highest BCUT2D eigenvalue weighted by molar-refractivity contribution is 7.91. The summed E-state index contributed by atoms with van der Waals surface area (Å²) in [5.74, 6) is -2.36. The summed E-state index contributed by atoms with van der Waals surface area (Å²) in [5, 5.41) is 0. The second-order valence-electron chi connectivity index (χ2n) is 6.74. The third kappa shape index (κ3) is 4.93. The monoisotopic (exact) mass is 387 g/mol. The van der Waals surface area contributed by atoms with Crippen LogP contribution in [0.2, 0.25) is 0 Å². The van der Waals surface area contributed by atoms with Crippen molar-refractivity contribution in [3.8, 4) is 0 Å². The molecule has 0 aliphatic carbocycles. The Kier molecular flexibility index (Phi) is 5.46. The topological polar surface area (TPSA) is 63.2 Å². The molecule has 0 saturated carbocycles. The van der Waals surface area contributed by atoms with Crippen molar-refractivity contribution >= 4 is 27.1 Å². The van der Waals surface area contributed by atoms with Gasteiger partial charge < -0.3 is 0 Å². The first-order valence-electron chi connectivity index (χ1n) is 7.50. The number of nitrogens with one attached hydrogen (secondary N) is 1.